The van der Waals surface area contributed by atoms with Gasteiger partial charge < -0.3 is 10.1 Å². The van der Waals surface area contributed by atoms with E-state index in [1.54, 1.807) is 11.8 Å². The van der Waals surface area contributed by atoms with Gasteiger partial charge in [0.2, 0.25) is 5.91 Å². The van der Waals surface area contributed by atoms with Crippen LogP contribution in [0.2, 0.25) is 0 Å². The summed E-state index contributed by atoms with van der Waals surface area (Å²) in [6.07, 6.45) is 3.50. The molecule has 1 aromatic rings. The second kappa shape index (κ2) is 5.78. The van der Waals surface area contributed by atoms with Gasteiger partial charge in [0, 0.05) is 10.1 Å². The molecule has 3 rings (SSSR count). The average Bonchev–Trinajstić information content (AvgIpc) is 3.02. The van der Waals surface area contributed by atoms with Gasteiger partial charge in [0.1, 0.15) is 0 Å². The number of rotatable bonds is 4. The average molecular weight is 291 g/mol. The maximum absolute atomic E-state index is 12.4. The van der Waals surface area contributed by atoms with Crippen LogP contribution >= 0.6 is 11.8 Å². The first-order chi connectivity index (χ1) is 9.63. The van der Waals surface area contributed by atoms with Crippen LogP contribution in [-0.4, -0.2) is 23.4 Å². The van der Waals surface area contributed by atoms with Crippen molar-refractivity contribution in [3.8, 4) is 0 Å². The van der Waals surface area contributed by atoms with Crippen LogP contribution in [0.3, 0.4) is 0 Å². The molecule has 0 saturated carbocycles. The molecule has 108 valence electrons. The van der Waals surface area contributed by atoms with Crippen molar-refractivity contribution in [3.05, 3.63) is 24.3 Å². The lowest BCUT2D eigenvalue weighted by Gasteiger charge is -2.19. The number of fused-ring (bicyclic) bond motifs is 2. The number of carbonyl (C=O) groups is 1. The molecule has 0 aromatic heterocycles. The predicted octanol–water partition coefficient (Wildman–Crippen LogP) is 3.69. The Morgan fingerprint density at radius 1 is 1.35 bits per heavy atom. The van der Waals surface area contributed by atoms with Gasteiger partial charge in [0.15, 0.2) is 0 Å². The van der Waals surface area contributed by atoms with Gasteiger partial charge in [0.25, 0.3) is 0 Å². The Labute approximate surface area is 124 Å². The number of carbonyl (C=O) groups excluding carboxylic acids is 1. The normalized spacial score (nSPS) is 28.1. The van der Waals surface area contributed by atoms with E-state index in [2.05, 4.69) is 25.2 Å². The third-order valence-corrected chi connectivity index (χ3v) is 5.03. The van der Waals surface area contributed by atoms with Gasteiger partial charge in [0.05, 0.1) is 23.8 Å². The molecule has 20 heavy (non-hydrogen) atoms. The minimum atomic E-state index is 0.0332. The van der Waals surface area contributed by atoms with Gasteiger partial charge in [-0.3, -0.25) is 4.79 Å². The lowest BCUT2D eigenvalue weighted by Crippen LogP contribution is -2.30. The van der Waals surface area contributed by atoms with Crippen molar-refractivity contribution in [3.63, 3.8) is 0 Å². The van der Waals surface area contributed by atoms with E-state index in [4.69, 9.17) is 4.74 Å². The monoisotopic (exact) mass is 291 g/mol. The van der Waals surface area contributed by atoms with Crippen LogP contribution in [0.5, 0.6) is 0 Å². The summed E-state index contributed by atoms with van der Waals surface area (Å²) in [5, 5.41) is 3.60. The molecule has 1 N–H and O–H groups in total. The summed E-state index contributed by atoms with van der Waals surface area (Å²) in [4.78, 5) is 13.6. The standard InChI is InChI=1S/C16H21NO2S/c1-10(2)20-15-6-4-3-5-13(15)17-16(18)12-9-11-7-8-14(12)19-11/h3-6,10-12,14H,7-9H2,1-2H3,(H,17,18)/t11-,12+,14-/m1/s1. The lowest BCUT2D eigenvalue weighted by molar-refractivity contribution is -0.121. The van der Waals surface area contributed by atoms with Crippen LogP contribution in [0, 0.1) is 5.92 Å². The summed E-state index contributed by atoms with van der Waals surface area (Å²) in [5.41, 5.74) is 0.930. The molecular formula is C16H21NO2S. The van der Waals surface area contributed by atoms with Gasteiger partial charge in [-0.25, -0.2) is 0 Å². The van der Waals surface area contributed by atoms with Gasteiger partial charge in [-0.1, -0.05) is 26.0 Å². The van der Waals surface area contributed by atoms with Crippen molar-refractivity contribution < 1.29 is 9.53 Å². The molecule has 2 aliphatic heterocycles. The van der Waals surface area contributed by atoms with Crippen LogP contribution in [0.15, 0.2) is 29.2 Å². The molecule has 0 aliphatic carbocycles. The molecule has 1 aromatic carbocycles. The summed E-state index contributed by atoms with van der Waals surface area (Å²) in [5.74, 6) is 0.153. The molecule has 0 radical (unpaired) electrons. The summed E-state index contributed by atoms with van der Waals surface area (Å²) in [6.45, 7) is 4.32. The molecular weight excluding hydrogens is 270 g/mol. The van der Waals surface area contributed by atoms with Gasteiger partial charge in [-0.05, 0) is 31.4 Å². The van der Waals surface area contributed by atoms with E-state index in [1.165, 1.54) is 0 Å². The Kier molecular flexibility index (Phi) is 4.03. The highest BCUT2D eigenvalue weighted by Gasteiger charge is 2.44. The summed E-state index contributed by atoms with van der Waals surface area (Å²) < 4.78 is 5.77. The first kappa shape index (κ1) is 14.0. The topological polar surface area (TPSA) is 38.3 Å². The van der Waals surface area contributed by atoms with Crippen molar-refractivity contribution in [2.75, 3.05) is 5.32 Å². The Morgan fingerprint density at radius 2 is 2.15 bits per heavy atom. The molecule has 0 spiro atoms. The van der Waals surface area contributed by atoms with E-state index >= 15 is 0 Å². The minimum Gasteiger partial charge on any atom is -0.374 e. The zero-order chi connectivity index (χ0) is 14.1. The molecule has 2 aliphatic rings. The number of hydrogen-bond donors (Lipinski definition) is 1. The van der Waals surface area contributed by atoms with Crippen molar-refractivity contribution in [1.29, 1.82) is 0 Å². The Balaban J connectivity index is 1.70. The predicted molar refractivity (Wildman–Crippen MR) is 82.1 cm³/mol. The molecule has 3 atom stereocenters. The Hall–Kier alpha value is -1.00. The third-order valence-electron chi connectivity index (χ3n) is 3.95. The number of amides is 1. The SMILES string of the molecule is CC(C)Sc1ccccc1NC(=O)[C@H]1C[C@H]2CC[C@H]1O2. The van der Waals surface area contributed by atoms with Crippen LogP contribution in [0.4, 0.5) is 5.69 Å². The smallest absolute Gasteiger partial charge is 0.230 e. The number of ether oxygens (including phenoxy) is 1. The van der Waals surface area contributed by atoms with Gasteiger partial charge >= 0.3 is 0 Å². The molecule has 1 amide bonds. The number of benzene rings is 1. The van der Waals surface area contributed by atoms with Crippen molar-refractivity contribution in [1.82, 2.24) is 0 Å². The van der Waals surface area contributed by atoms with E-state index in [1.807, 2.05) is 18.2 Å². The number of hydrogen-bond acceptors (Lipinski definition) is 3. The molecule has 2 bridgehead atoms. The third kappa shape index (κ3) is 2.86. The van der Waals surface area contributed by atoms with E-state index in [9.17, 15) is 4.79 Å². The Morgan fingerprint density at radius 3 is 2.80 bits per heavy atom. The Bertz CT molecular complexity index is 503. The highest BCUT2D eigenvalue weighted by Crippen LogP contribution is 2.39. The number of anilines is 1. The first-order valence-electron chi connectivity index (χ1n) is 7.35. The summed E-state index contributed by atoms with van der Waals surface area (Å²) in [6, 6.07) is 8.03. The quantitative estimate of drug-likeness (QED) is 0.860. The van der Waals surface area contributed by atoms with Gasteiger partial charge in [-0.15, -0.1) is 11.8 Å². The maximum Gasteiger partial charge on any atom is 0.230 e. The highest BCUT2D eigenvalue weighted by atomic mass is 32.2. The molecule has 2 saturated heterocycles. The fourth-order valence-electron chi connectivity index (χ4n) is 3.07. The van der Waals surface area contributed by atoms with Crippen LogP contribution < -0.4 is 5.32 Å². The fourth-order valence-corrected chi connectivity index (χ4v) is 3.98. The molecule has 0 unspecified atom stereocenters. The van der Waals surface area contributed by atoms with E-state index < -0.39 is 0 Å². The largest absolute Gasteiger partial charge is 0.374 e. The van der Waals surface area contributed by atoms with E-state index in [0.29, 0.717) is 11.4 Å². The molecule has 4 heteroatoms. The summed E-state index contributed by atoms with van der Waals surface area (Å²) >= 11 is 1.78. The van der Waals surface area contributed by atoms with Crippen molar-refractivity contribution >= 4 is 23.4 Å². The highest BCUT2D eigenvalue weighted by molar-refractivity contribution is 8.00. The van der Waals surface area contributed by atoms with Crippen molar-refractivity contribution in [2.24, 2.45) is 5.92 Å². The van der Waals surface area contributed by atoms with Crippen LogP contribution in [0.1, 0.15) is 33.1 Å². The molecule has 3 nitrogen and oxygen atoms in total. The second-order valence-corrected chi connectivity index (χ2v) is 7.49. The van der Waals surface area contributed by atoms with Gasteiger partial charge in [-0.2, -0.15) is 0 Å². The first-order valence-corrected chi connectivity index (χ1v) is 8.23. The minimum absolute atomic E-state index is 0.0332. The molecule has 2 heterocycles. The second-order valence-electron chi connectivity index (χ2n) is 5.87. The van der Waals surface area contributed by atoms with Crippen LogP contribution in [-0.2, 0) is 9.53 Å². The lowest BCUT2D eigenvalue weighted by atomic mass is 9.88. The molecule has 2 fully saturated rings. The zero-order valence-corrected chi connectivity index (χ0v) is 12.8. The number of thioether (sulfide) groups is 1. The fraction of sp³-hybridized carbons (Fsp3) is 0.562. The van der Waals surface area contributed by atoms with Crippen LogP contribution in [0.25, 0.3) is 0 Å². The number of para-hydroxylation sites is 1. The maximum atomic E-state index is 12.4. The van der Waals surface area contributed by atoms with Crippen molar-refractivity contribution in [2.45, 2.75) is 55.5 Å². The zero-order valence-electron chi connectivity index (χ0n) is 12.0. The summed E-state index contributed by atoms with van der Waals surface area (Å²) in [7, 11) is 0. The van der Waals surface area contributed by atoms with E-state index in [0.717, 1.165) is 29.8 Å². The van der Waals surface area contributed by atoms with E-state index in [-0.39, 0.29) is 17.9 Å². The number of nitrogens with one attached hydrogen (secondary N) is 1.